The number of hydrogen-bond donors (Lipinski definition) is 1. The molecule has 1 aliphatic rings. The van der Waals surface area contributed by atoms with Gasteiger partial charge >= 0.3 is 0 Å². The summed E-state index contributed by atoms with van der Waals surface area (Å²) in [5, 5.41) is 2.75. The van der Waals surface area contributed by atoms with Crippen molar-refractivity contribution in [1.82, 2.24) is 30.1 Å². The van der Waals surface area contributed by atoms with Crippen molar-refractivity contribution in [3.8, 4) is 11.4 Å². The molecule has 3 heterocycles. The van der Waals surface area contributed by atoms with E-state index in [-0.39, 0.29) is 34.6 Å². The minimum Gasteiger partial charge on any atom is -0.354 e. The molecule has 32 heavy (non-hydrogen) atoms. The van der Waals surface area contributed by atoms with E-state index in [4.69, 9.17) is 11.6 Å². The number of nitrogens with one attached hydrogen (secondary N) is 1. The predicted molar refractivity (Wildman–Crippen MR) is 120 cm³/mol. The maximum Gasteiger partial charge on any atom is 0.269 e. The monoisotopic (exact) mass is 456 g/mol. The zero-order valence-electron chi connectivity index (χ0n) is 18.4. The van der Waals surface area contributed by atoms with E-state index in [1.807, 2.05) is 6.92 Å². The van der Waals surface area contributed by atoms with Gasteiger partial charge in [-0.2, -0.15) is 0 Å². The van der Waals surface area contributed by atoms with Crippen LogP contribution in [0.2, 0.25) is 5.15 Å². The lowest BCUT2D eigenvalue weighted by Crippen LogP contribution is -2.56. The molecule has 1 fully saturated rings. The van der Waals surface area contributed by atoms with Crippen molar-refractivity contribution in [3.63, 3.8) is 0 Å². The van der Waals surface area contributed by atoms with Gasteiger partial charge in [-0.25, -0.2) is 15.0 Å². The number of piperazine rings is 1. The van der Waals surface area contributed by atoms with Crippen molar-refractivity contribution in [2.24, 2.45) is 0 Å². The van der Waals surface area contributed by atoms with Crippen molar-refractivity contribution in [2.75, 3.05) is 20.1 Å². The number of pyridine rings is 1. The Morgan fingerprint density at radius 3 is 2.47 bits per heavy atom. The maximum absolute atomic E-state index is 12.5. The quantitative estimate of drug-likeness (QED) is 0.558. The molecule has 3 amide bonds. The van der Waals surface area contributed by atoms with Crippen LogP contribution >= 0.6 is 11.6 Å². The number of nitrogens with zero attached hydrogens (tertiary/aromatic N) is 5. The summed E-state index contributed by atoms with van der Waals surface area (Å²) in [5.74, 6) is -0.250. The Morgan fingerprint density at radius 2 is 1.84 bits per heavy atom. The Labute approximate surface area is 191 Å². The van der Waals surface area contributed by atoms with Crippen LogP contribution in [0, 0.1) is 6.92 Å². The van der Waals surface area contributed by atoms with Crippen LogP contribution in [0.5, 0.6) is 0 Å². The van der Waals surface area contributed by atoms with Crippen LogP contribution in [0.3, 0.4) is 0 Å². The third-order valence-corrected chi connectivity index (χ3v) is 5.49. The highest BCUT2D eigenvalue weighted by atomic mass is 35.5. The van der Waals surface area contributed by atoms with Gasteiger partial charge in [0.1, 0.15) is 16.7 Å². The van der Waals surface area contributed by atoms with Gasteiger partial charge < -0.3 is 15.1 Å². The standard InChI is InChI=1S/C22H25ClN6O3/c1-6-21(31)28-10-12(2)29(14(4)30)19(11-28)15-7-16(27-20(23)8-15)17-9-18(22(32)24-5)26-13(3)25-17/h6-9,12,19H,1,10-11H2,2-5H3,(H,24,32)/t12-,19+/m1/s1. The van der Waals surface area contributed by atoms with Crippen LogP contribution < -0.4 is 5.32 Å². The Kier molecular flexibility index (Phi) is 6.88. The average molecular weight is 457 g/mol. The largest absolute Gasteiger partial charge is 0.354 e. The zero-order chi connectivity index (χ0) is 23.6. The second-order valence-corrected chi connectivity index (χ2v) is 8.00. The van der Waals surface area contributed by atoms with Crippen molar-refractivity contribution >= 4 is 29.3 Å². The van der Waals surface area contributed by atoms with E-state index >= 15 is 0 Å². The summed E-state index contributed by atoms with van der Waals surface area (Å²) in [6.45, 7) is 9.35. The Bertz CT molecular complexity index is 1090. The van der Waals surface area contributed by atoms with Crippen LogP contribution in [0.25, 0.3) is 11.4 Å². The van der Waals surface area contributed by atoms with E-state index < -0.39 is 6.04 Å². The number of aryl methyl sites for hydroxylation is 1. The van der Waals surface area contributed by atoms with Crippen molar-refractivity contribution in [1.29, 1.82) is 0 Å². The van der Waals surface area contributed by atoms with E-state index in [9.17, 15) is 14.4 Å². The molecule has 0 unspecified atom stereocenters. The smallest absolute Gasteiger partial charge is 0.269 e. The van der Waals surface area contributed by atoms with Gasteiger partial charge in [0.05, 0.1) is 17.4 Å². The average Bonchev–Trinajstić information content (AvgIpc) is 2.76. The molecular formula is C22H25ClN6O3. The van der Waals surface area contributed by atoms with Gasteiger partial charge in [0, 0.05) is 33.1 Å². The first-order valence-electron chi connectivity index (χ1n) is 10.1. The molecular weight excluding hydrogens is 432 g/mol. The van der Waals surface area contributed by atoms with Gasteiger partial charge in [-0.1, -0.05) is 18.2 Å². The minimum absolute atomic E-state index is 0.109. The summed E-state index contributed by atoms with van der Waals surface area (Å²) >= 11 is 6.34. The fourth-order valence-corrected chi connectivity index (χ4v) is 4.19. The molecule has 2 aromatic heterocycles. The number of amides is 3. The van der Waals surface area contributed by atoms with Crippen molar-refractivity contribution < 1.29 is 14.4 Å². The second kappa shape index (κ2) is 9.44. The summed E-state index contributed by atoms with van der Waals surface area (Å²) in [4.78, 5) is 53.2. The summed E-state index contributed by atoms with van der Waals surface area (Å²) in [6, 6.07) is 4.35. The molecule has 0 aliphatic carbocycles. The fraction of sp³-hybridized carbons (Fsp3) is 0.364. The van der Waals surface area contributed by atoms with Gasteiger partial charge in [0.2, 0.25) is 11.8 Å². The predicted octanol–water partition coefficient (Wildman–Crippen LogP) is 2.17. The Morgan fingerprint density at radius 1 is 1.16 bits per heavy atom. The number of aromatic nitrogens is 3. The van der Waals surface area contributed by atoms with Gasteiger partial charge in [-0.3, -0.25) is 14.4 Å². The molecule has 2 aromatic rings. The van der Waals surface area contributed by atoms with Gasteiger partial charge in [-0.15, -0.1) is 0 Å². The van der Waals surface area contributed by atoms with E-state index in [0.29, 0.717) is 35.9 Å². The highest BCUT2D eigenvalue weighted by Gasteiger charge is 2.36. The molecule has 9 nitrogen and oxygen atoms in total. The molecule has 0 aromatic carbocycles. The first kappa shape index (κ1) is 23.3. The van der Waals surface area contributed by atoms with Crippen LogP contribution in [0.15, 0.2) is 30.9 Å². The fourth-order valence-electron chi connectivity index (χ4n) is 3.97. The number of hydrogen-bond acceptors (Lipinski definition) is 6. The first-order chi connectivity index (χ1) is 15.1. The molecule has 168 valence electrons. The summed E-state index contributed by atoms with van der Waals surface area (Å²) in [6.07, 6.45) is 1.27. The molecule has 2 atom stereocenters. The van der Waals surface area contributed by atoms with E-state index in [0.717, 1.165) is 0 Å². The SMILES string of the molecule is C=CC(=O)N1C[C@@H](C)N(C(C)=O)[C@H](c2cc(Cl)nc(-c3cc(C(=O)NC)nc(C)n3)c2)C1. The van der Waals surface area contributed by atoms with E-state index in [1.165, 1.54) is 26.1 Å². The number of carbonyl (C=O) groups is 3. The van der Waals surface area contributed by atoms with Gasteiger partial charge in [0.15, 0.2) is 0 Å². The number of carbonyl (C=O) groups excluding carboxylic acids is 3. The summed E-state index contributed by atoms with van der Waals surface area (Å²) in [7, 11) is 1.52. The number of rotatable bonds is 4. The van der Waals surface area contributed by atoms with Crippen LogP contribution in [0.1, 0.15) is 41.8 Å². The summed E-state index contributed by atoms with van der Waals surface area (Å²) in [5.41, 5.74) is 1.78. The summed E-state index contributed by atoms with van der Waals surface area (Å²) < 4.78 is 0. The zero-order valence-corrected chi connectivity index (χ0v) is 19.2. The molecule has 10 heteroatoms. The molecule has 0 spiro atoms. The molecule has 1 aliphatic heterocycles. The lowest BCUT2D eigenvalue weighted by molar-refractivity contribution is -0.143. The molecule has 0 saturated carbocycles. The molecule has 0 radical (unpaired) electrons. The third-order valence-electron chi connectivity index (χ3n) is 5.30. The Hall–Kier alpha value is -3.33. The Balaban J connectivity index is 2.09. The molecule has 0 bridgehead atoms. The van der Waals surface area contributed by atoms with Crippen LogP contribution in [-0.2, 0) is 9.59 Å². The van der Waals surface area contributed by atoms with Crippen molar-refractivity contribution in [3.05, 3.63) is 53.1 Å². The van der Waals surface area contributed by atoms with Gasteiger partial charge in [-0.05, 0) is 43.7 Å². The highest BCUT2D eigenvalue weighted by Crippen LogP contribution is 2.32. The lowest BCUT2D eigenvalue weighted by Gasteiger charge is -2.45. The topological polar surface area (TPSA) is 108 Å². The van der Waals surface area contributed by atoms with Crippen molar-refractivity contribution in [2.45, 2.75) is 32.9 Å². The lowest BCUT2D eigenvalue weighted by atomic mass is 9.98. The first-order valence-corrected chi connectivity index (χ1v) is 10.5. The maximum atomic E-state index is 12.5. The number of halogens is 1. The van der Waals surface area contributed by atoms with E-state index in [1.54, 1.807) is 28.9 Å². The minimum atomic E-state index is -0.430. The highest BCUT2D eigenvalue weighted by molar-refractivity contribution is 6.29. The van der Waals surface area contributed by atoms with Crippen LogP contribution in [0.4, 0.5) is 0 Å². The second-order valence-electron chi connectivity index (χ2n) is 7.61. The van der Waals surface area contributed by atoms with E-state index in [2.05, 4.69) is 26.8 Å². The molecule has 3 rings (SSSR count). The molecule has 1 N–H and O–H groups in total. The third kappa shape index (κ3) is 4.77. The normalized spacial score (nSPS) is 18.3. The van der Waals surface area contributed by atoms with Gasteiger partial charge in [0.25, 0.3) is 5.91 Å². The van der Waals surface area contributed by atoms with Crippen LogP contribution in [-0.4, -0.2) is 68.7 Å². The molecule has 1 saturated heterocycles.